The highest BCUT2D eigenvalue weighted by Gasteiger charge is 2.18. The molecule has 6 heteroatoms. The summed E-state index contributed by atoms with van der Waals surface area (Å²) < 4.78 is 4.64. The fourth-order valence-corrected chi connectivity index (χ4v) is 1.14. The van der Waals surface area contributed by atoms with Gasteiger partial charge < -0.3 is 4.74 Å². The van der Waals surface area contributed by atoms with Gasteiger partial charge in [-0.25, -0.2) is 4.79 Å². The Morgan fingerprint density at radius 1 is 1.33 bits per heavy atom. The molecule has 1 rings (SSSR count). The highest BCUT2D eigenvalue weighted by molar-refractivity contribution is 5.97. The van der Waals surface area contributed by atoms with Gasteiger partial charge in [0, 0.05) is 12.1 Å². The largest absolute Gasteiger partial charge is 0.389 e. The number of nitrogens with zero attached hydrogens (tertiary/aromatic N) is 1. The van der Waals surface area contributed by atoms with E-state index in [-0.39, 0.29) is 17.2 Å². The molecule has 0 aliphatic rings. The molecule has 0 unspecified atom stereocenters. The van der Waals surface area contributed by atoms with Crippen LogP contribution >= 0.6 is 0 Å². The maximum absolute atomic E-state index is 11.5. The van der Waals surface area contributed by atoms with E-state index in [9.17, 15) is 19.7 Å². The third kappa shape index (κ3) is 3.38. The number of nitro benzene ring substituents is 1. The molecule has 0 bridgehead atoms. The van der Waals surface area contributed by atoms with E-state index < -0.39 is 16.9 Å². The zero-order chi connectivity index (χ0) is 13.7. The zero-order valence-electron chi connectivity index (χ0n) is 10.1. The summed E-state index contributed by atoms with van der Waals surface area (Å²) in [4.78, 5) is 32.8. The molecule has 1 aromatic rings. The number of ether oxygens (including phenoxy) is 1. The summed E-state index contributed by atoms with van der Waals surface area (Å²) in [6.07, 6.45) is 0.576. The van der Waals surface area contributed by atoms with E-state index in [1.54, 1.807) is 6.92 Å². The second kappa shape index (κ2) is 5.90. The molecule has 0 aromatic heterocycles. The second-order valence-corrected chi connectivity index (χ2v) is 3.82. The van der Waals surface area contributed by atoms with Crippen molar-refractivity contribution in [3.63, 3.8) is 0 Å². The molecule has 6 nitrogen and oxygen atoms in total. The summed E-state index contributed by atoms with van der Waals surface area (Å²) in [6, 6.07) is 4.88. The van der Waals surface area contributed by atoms with Crippen LogP contribution in [0.2, 0.25) is 0 Å². The Kier molecular flexibility index (Phi) is 4.53. The Morgan fingerprint density at radius 2 is 1.89 bits per heavy atom. The first kappa shape index (κ1) is 13.8. The lowest BCUT2D eigenvalue weighted by atomic mass is 10.1. The Morgan fingerprint density at radius 3 is 2.33 bits per heavy atom. The van der Waals surface area contributed by atoms with Crippen molar-refractivity contribution in [2.45, 2.75) is 20.3 Å². The highest BCUT2D eigenvalue weighted by Crippen LogP contribution is 2.13. The molecule has 0 saturated heterocycles. The number of non-ortho nitro benzene ring substituents is 1. The molecule has 18 heavy (non-hydrogen) atoms. The smallest absolute Gasteiger partial charge is 0.345 e. The van der Waals surface area contributed by atoms with E-state index in [4.69, 9.17) is 0 Å². The lowest BCUT2D eigenvalue weighted by Gasteiger charge is -2.07. The Hall–Kier alpha value is -2.24. The van der Waals surface area contributed by atoms with Gasteiger partial charge >= 0.3 is 11.9 Å². The maximum atomic E-state index is 11.5. The first-order valence-corrected chi connectivity index (χ1v) is 5.46. The third-order valence-corrected chi connectivity index (χ3v) is 2.52. The van der Waals surface area contributed by atoms with E-state index in [2.05, 4.69) is 4.74 Å². The molecule has 96 valence electrons. The van der Waals surface area contributed by atoms with E-state index in [1.165, 1.54) is 24.3 Å². The summed E-state index contributed by atoms with van der Waals surface area (Å²) in [5.74, 6) is -1.75. The highest BCUT2D eigenvalue weighted by atomic mass is 16.6. The Balaban J connectivity index is 2.73. The van der Waals surface area contributed by atoms with Gasteiger partial charge in [-0.3, -0.25) is 14.9 Å². The van der Waals surface area contributed by atoms with Crippen molar-refractivity contribution in [3.8, 4) is 0 Å². The number of carbonyl (C=O) groups is 2. The van der Waals surface area contributed by atoms with Crippen LogP contribution in [-0.2, 0) is 9.53 Å². The number of benzene rings is 1. The maximum Gasteiger partial charge on any atom is 0.345 e. The summed E-state index contributed by atoms with van der Waals surface area (Å²) in [5, 5.41) is 10.4. The van der Waals surface area contributed by atoms with Crippen molar-refractivity contribution in [3.05, 3.63) is 39.9 Å². The number of esters is 2. The molecule has 0 saturated carbocycles. The molecule has 0 radical (unpaired) electrons. The predicted molar refractivity (Wildman–Crippen MR) is 63.0 cm³/mol. The Labute approximate surface area is 104 Å². The summed E-state index contributed by atoms with van der Waals surface area (Å²) in [7, 11) is 0. The predicted octanol–water partition coefficient (Wildman–Crippen LogP) is 2.32. The van der Waals surface area contributed by atoms with E-state index in [1.807, 2.05) is 6.92 Å². The van der Waals surface area contributed by atoms with Crippen molar-refractivity contribution in [2.75, 3.05) is 0 Å². The number of hydrogen-bond acceptors (Lipinski definition) is 5. The average molecular weight is 251 g/mol. The van der Waals surface area contributed by atoms with Gasteiger partial charge in [0.05, 0.1) is 16.4 Å². The molecule has 0 N–H and O–H groups in total. The van der Waals surface area contributed by atoms with Crippen molar-refractivity contribution in [1.82, 2.24) is 0 Å². The molecule has 0 aliphatic heterocycles. The van der Waals surface area contributed by atoms with Crippen LogP contribution in [0.4, 0.5) is 5.69 Å². The number of hydrogen-bond donors (Lipinski definition) is 0. The van der Waals surface area contributed by atoms with Gasteiger partial charge in [0.2, 0.25) is 0 Å². The zero-order valence-corrected chi connectivity index (χ0v) is 10.1. The summed E-state index contributed by atoms with van der Waals surface area (Å²) in [5.41, 5.74) is -0.0166. The quantitative estimate of drug-likeness (QED) is 0.354. The summed E-state index contributed by atoms with van der Waals surface area (Å²) >= 11 is 0. The van der Waals surface area contributed by atoms with Gasteiger partial charge in [-0.05, 0) is 18.6 Å². The Bertz CT molecular complexity index is 466. The molecule has 0 fully saturated rings. The molecule has 0 amide bonds. The van der Waals surface area contributed by atoms with E-state index in [0.717, 1.165) is 0 Å². The van der Waals surface area contributed by atoms with Crippen LogP contribution in [0.5, 0.6) is 0 Å². The van der Waals surface area contributed by atoms with Crippen LogP contribution in [-0.4, -0.2) is 16.9 Å². The topological polar surface area (TPSA) is 86.5 Å². The van der Waals surface area contributed by atoms with Crippen LogP contribution in [0.1, 0.15) is 30.6 Å². The van der Waals surface area contributed by atoms with Crippen LogP contribution < -0.4 is 0 Å². The molecular formula is C12H13NO5. The van der Waals surface area contributed by atoms with Crippen molar-refractivity contribution in [1.29, 1.82) is 0 Å². The van der Waals surface area contributed by atoms with Crippen molar-refractivity contribution >= 4 is 17.6 Å². The molecule has 0 aliphatic carbocycles. The molecular weight excluding hydrogens is 238 g/mol. The third-order valence-electron chi connectivity index (χ3n) is 2.52. The molecule has 0 heterocycles. The lowest BCUT2D eigenvalue weighted by Crippen LogP contribution is -2.18. The molecule has 1 aromatic carbocycles. The van der Waals surface area contributed by atoms with Crippen LogP contribution in [0, 0.1) is 16.0 Å². The normalized spacial score (nSPS) is 11.7. The number of rotatable bonds is 4. The van der Waals surface area contributed by atoms with Crippen LogP contribution in [0.3, 0.4) is 0 Å². The van der Waals surface area contributed by atoms with E-state index >= 15 is 0 Å². The minimum Gasteiger partial charge on any atom is -0.389 e. The van der Waals surface area contributed by atoms with Crippen molar-refractivity contribution in [2.24, 2.45) is 5.92 Å². The number of carbonyl (C=O) groups excluding carboxylic acids is 2. The fourth-order valence-electron chi connectivity index (χ4n) is 1.14. The van der Waals surface area contributed by atoms with Crippen molar-refractivity contribution < 1.29 is 19.2 Å². The van der Waals surface area contributed by atoms with Crippen LogP contribution in [0.15, 0.2) is 24.3 Å². The lowest BCUT2D eigenvalue weighted by molar-refractivity contribution is -0.384. The monoisotopic (exact) mass is 251 g/mol. The number of nitro groups is 1. The van der Waals surface area contributed by atoms with Gasteiger partial charge in [0.25, 0.3) is 5.69 Å². The summed E-state index contributed by atoms with van der Waals surface area (Å²) in [6.45, 7) is 3.47. The first-order valence-electron chi connectivity index (χ1n) is 5.46. The van der Waals surface area contributed by atoms with Crippen LogP contribution in [0.25, 0.3) is 0 Å². The fraction of sp³-hybridized carbons (Fsp3) is 0.333. The minimum atomic E-state index is -0.796. The van der Waals surface area contributed by atoms with Gasteiger partial charge in [0.1, 0.15) is 0 Å². The van der Waals surface area contributed by atoms with Gasteiger partial charge in [-0.1, -0.05) is 13.8 Å². The standard InChI is InChI=1S/C12H13NO5/c1-3-8(2)11(14)18-12(15)9-4-6-10(7-5-9)13(16)17/h4-8H,3H2,1-2H3/t8-/m1/s1. The molecule has 0 spiro atoms. The van der Waals surface area contributed by atoms with Gasteiger partial charge in [-0.15, -0.1) is 0 Å². The SMILES string of the molecule is CC[C@@H](C)C(=O)OC(=O)c1ccc([N+](=O)[O-])cc1. The second-order valence-electron chi connectivity index (χ2n) is 3.82. The first-order chi connectivity index (χ1) is 8.45. The molecule has 1 atom stereocenters. The average Bonchev–Trinajstić information content (AvgIpc) is 2.37. The van der Waals surface area contributed by atoms with E-state index in [0.29, 0.717) is 6.42 Å². The minimum absolute atomic E-state index is 0.109. The van der Waals surface area contributed by atoms with Gasteiger partial charge in [0.15, 0.2) is 0 Å². The van der Waals surface area contributed by atoms with Gasteiger partial charge in [-0.2, -0.15) is 0 Å².